The lowest BCUT2D eigenvalue weighted by Gasteiger charge is -2.19. The monoisotopic (exact) mass is 232 g/mol. The van der Waals surface area contributed by atoms with E-state index in [2.05, 4.69) is 19.1 Å². The Hall–Kier alpha value is -0.820. The number of rotatable bonds is 3. The third-order valence-electron chi connectivity index (χ3n) is 3.96. The lowest BCUT2D eigenvalue weighted by molar-refractivity contribution is 0.139. The minimum Gasteiger partial charge on any atom is -0.388 e. The molecule has 1 atom stereocenters. The molecule has 0 amide bonds. The Kier molecular flexibility index (Phi) is 4.61. The van der Waals surface area contributed by atoms with E-state index < -0.39 is 0 Å². The van der Waals surface area contributed by atoms with Crippen LogP contribution in [0.1, 0.15) is 62.2 Å². The van der Waals surface area contributed by atoms with Crippen molar-refractivity contribution in [2.24, 2.45) is 5.92 Å². The zero-order valence-electron chi connectivity index (χ0n) is 10.9. The van der Waals surface area contributed by atoms with Crippen LogP contribution in [0.25, 0.3) is 0 Å². The van der Waals surface area contributed by atoms with Crippen LogP contribution in [0.15, 0.2) is 24.3 Å². The molecule has 0 aliphatic heterocycles. The lowest BCUT2D eigenvalue weighted by Crippen LogP contribution is -2.07. The number of aliphatic hydroxyl groups is 1. The minimum absolute atomic E-state index is 0.266. The van der Waals surface area contributed by atoms with Crippen LogP contribution in [-0.2, 0) is 0 Å². The summed E-state index contributed by atoms with van der Waals surface area (Å²) in [6, 6.07) is 8.29. The van der Waals surface area contributed by atoms with E-state index in [1.165, 1.54) is 44.1 Å². The van der Waals surface area contributed by atoms with Crippen LogP contribution in [0, 0.1) is 12.8 Å². The molecular formula is C16H24O. The molecular weight excluding hydrogens is 208 g/mol. The van der Waals surface area contributed by atoms with Gasteiger partial charge in [0.2, 0.25) is 0 Å². The molecule has 1 saturated carbocycles. The Balaban J connectivity index is 1.93. The van der Waals surface area contributed by atoms with Gasteiger partial charge in [-0.25, -0.2) is 0 Å². The summed E-state index contributed by atoms with van der Waals surface area (Å²) in [5.74, 6) is 0.730. The smallest absolute Gasteiger partial charge is 0.0792 e. The van der Waals surface area contributed by atoms with Crippen LogP contribution >= 0.6 is 0 Å². The van der Waals surface area contributed by atoms with Gasteiger partial charge in [-0.05, 0) is 24.8 Å². The van der Waals surface area contributed by atoms with E-state index in [4.69, 9.17) is 0 Å². The highest BCUT2D eigenvalue weighted by Crippen LogP contribution is 2.31. The Morgan fingerprint density at radius 2 is 1.88 bits per heavy atom. The highest BCUT2D eigenvalue weighted by Gasteiger charge is 2.17. The summed E-state index contributed by atoms with van der Waals surface area (Å²) in [5, 5.41) is 10.3. The molecule has 1 aliphatic rings. The first-order chi connectivity index (χ1) is 8.25. The molecule has 1 heteroatoms. The second-order valence-corrected chi connectivity index (χ2v) is 5.52. The predicted octanol–water partition coefficient (Wildman–Crippen LogP) is 4.39. The summed E-state index contributed by atoms with van der Waals surface area (Å²) >= 11 is 0. The molecule has 0 saturated heterocycles. The van der Waals surface area contributed by atoms with E-state index in [1.54, 1.807) is 0 Å². The van der Waals surface area contributed by atoms with Gasteiger partial charge in [-0.1, -0.05) is 68.4 Å². The average molecular weight is 232 g/mol. The van der Waals surface area contributed by atoms with Gasteiger partial charge >= 0.3 is 0 Å². The van der Waals surface area contributed by atoms with Gasteiger partial charge in [0, 0.05) is 0 Å². The van der Waals surface area contributed by atoms with Gasteiger partial charge in [0.05, 0.1) is 6.10 Å². The maximum atomic E-state index is 10.3. The molecule has 1 unspecified atom stereocenters. The Morgan fingerprint density at radius 1 is 1.18 bits per heavy atom. The molecule has 1 fully saturated rings. The van der Waals surface area contributed by atoms with Crippen molar-refractivity contribution >= 4 is 0 Å². The van der Waals surface area contributed by atoms with Crippen molar-refractivity contribution < 1.29 is 5.11 Å². The van der Waals surface area contributed by atoms with Gasteiger partial charge in [-0.3, -0.25) is 0 Å². The zero-order chi connectivity index (χ0) is 12.1. The molecule has 1 nitrogen and oxygen atoms in total. The van der Waals surface area contributed by atoms with Crippen molar-refractivity contribution in [1.29, 1.82) is 0 Å². The molecule has 1 N–H and O–H groups in total. The van der Waals surface area contributed by atoms with Crippen molar-refractivity contribution in [3.8, 4) is 0 Å². The molecule has 0 radical (unpaired) electrons. The summed E-state index contributed by atoms with van der Waals surface area (Å²) in [6.45, 7) is 2.09. The Labute approximate surface area is 105 Å². The van der Waals surface area contributed by atoms with Crippen molar-refractivity contribution in [1.82, 2.24) is 0 Å². The highest BCUT2D eigenvalue weighted by molar-refractivity contribution is 5.24. The van der Waals surface area contributed by atoms with Gasteiger partial charge < -0.3 is 5.11 Å². The van der Waals surface area contributed by atoms with E-state index in [0.29, 0.717) is 0 Å². The van der Waals surface area contributed by atoms with Gasteiger partial charge in [0.25, 0.3) is 0 Å². The van der Waals surface area contributed by atoms with Crippen molar-refractivity contribution in [3.63, 3.8) is 0 Å². The summed E-state index contributed by atoms with van der Waals surface area (Å²) in [7, 11) is 0. The van der Waals surface area contributed by atoms with Crippen LogP contribution in [0.2, 0.25) is 0 Å². The third-order valence-corrected chi connectivity index (χ3v) is 3.96. The van der Waals surface area contributed by atoms with Crippen molar-refractivity contribution in [2.45, 2.75) is 58.0 Å². The molecule has 17 heavy (non-hydrogen) atoms. The van der Waals surface area contributed by atoms with E-state index >= 15 is 0 Å². The second kappa shape index (κ2) is 6.20. The van der Waals surface area contributed by atoms with Gasteiger partial charge in [-0.2, -0.15) is 0 Å². The first-order valence-electron chi connectivity index (χ1n) is 7.00. The van der Waals surface area contributed by atoms with Crippen molar-refractivity contribution in [2.75, 3.05) is 0 Å². The van der Waals surface area contributed by atoms with Gasteiger partial charge in [0.1, 0.15) is 0 Å². The van der Waals surface area contributed by atoms with Crippen LogP contribution in [-0.4, -0.2) is 5.11 Å². The molecule has 1 aromatic carbocycles. The summed E-state index contributed by atoms with van der Waals surface area (Å²) in [5.41, 5.74) is 2.33. The fourth-order valence-electron chi connectivity index (χ4n) is 2.93. The average Bonchev–Trinajstić information content (AvgIpc) is 2.57. The van der Waals surface area contributed by atoms with Crippen LogP contribution in [0.5, 0.6) is 0 Å². The Morgan fingerprint density at radius 3 is 2.53 bits per heavy atom. The number of hydrogen-bond acceptors (Lipinski definition) is 1. The number of benzene rings is 1. The summed E-state index contributed by atoms with van der Waals surface area (Å²) in [6.07, 6.45) is 8.78. The van der Waals surface area contributed by atoms with E-state index in [0.717, 1.165) is 17.9 Å². The Bertz CT molecular complexity index is 337. The zero-order valence-corrected chi connectivity index (χ0v) is 10.9. The maximum absolute atomic E-state index is 10.3. The molecule has 2 rings (SSSR count). The molecule has 94 valence electrons. The molecule has 1 aliphatic carbocycles. The number of aryl methyl sites for hydroxylation is 1. The molecule has 0 aromatic heterocycles. The van der Waals surface area contributed by atoms with Crippen LogP contribution in [0.4, 0.5) is 0 Å². The highest BCUT2D eigenvalue weighted by atomic mass is 16.3. The number of aliphatic hydroxyl groups excluding tert-OH is 1. The maximum Gasteiger partial charge on any atom is 0.0792 e. The first-order valence-corrected chi connectivity index (χ1v) is 7.00. The molecule has 0 bridgehead atoms. The van der Waals surface area contributed by atoms with Crippen LogP contribution in [0.3, 0.4) is 0 Å². The van der Waals surface area contributed by atoms with E-state index in [9.17, 15) is 5.11 Å². The molecule has 0 spiro atoms. The van der Waals surface area contributed by atoms with Gasteiger partial charge in [0.15, 0.2) is 0 Å². The molecule has 1 aromatic rings. The third kappa shape index (κ3) is 3.85. The van der Waals surface area contributed by atoms with E-state index in [-0.39, 0.29) is 6.10 Å². The molecule has 0 heterocycles. The standard InChI is InChI=1S/C16H24O/c1-13-7-6-10-15(11-13)16(17)12-14-8-4-2-3-5-9-14/h6-7,10-11,14,16-17H,2-5,8-9,12H2,1H3. The SMILES string of the molecule is Cc1cccc(C(O)CC2CCCCCC2)c1. The lowest BCUT2D eigenvalue weighted by atomic mass is 9.91. The second-order valence-electron chi connectivity index (χ2n) is 5.52. The summed E-state index contributed by atoms with van der Waals surface area (Å²) < 4.78 is 0. The van der Waals surface area contributed by atoms with Crippen molar-refractivity contribution in [3.05, 3.63) is 35.4 Å². The summed E-state index contributed by atoms with van der Waals surface area (Å²) in [4.78, 5) is 0. The fraction of sp³-hybridized carbons (Fsp3) is 0.625. The van der Waals surface area contributed by atoms with Crippen LogP contribution < -0.4 is 0 Å². The van der Waals surface area contributed by atoms with E-state index in [1.807, 2.05) is 12.1 Å². The quantitative estimate of drug-likeness (QED) is 0.766. The van der Waals surface area contributed by atoms with Gasteiger partial charge in [-0.15, -0.1) is 0 Å². The normalized spacial score (nSPS) is 19.9. The predicted molar refractivity (Wildman–Crippen MR) is 71.9 cm³/mol. The first kappa shape index (κ1) is 12.6. The largest absolute Gasteiger partial charge is 0.388 e. The number of hydrogen-bond donors (Lipinski definition) is 1. The minimum atomic E-state index is -0.266. The topological polar surface area (TPSA) is 20.2 Å². The fourth-order valence-corrected chi connectivity index (χ4v) is 2.93.